The van der Waals surface area contributed by atoms with Crippen molar-refractivity contribution >= 4 is 17.9 Å². The van der Waals surface area contributed by atoms with E-state index >= 15 is 0 Å². The lowest BCUT2D eigenvalue weighted by Gasteiger charge is -2.20. The quantitative estimate of drug-likeness (QED) is 0.808. The Labute approximate surface area is 134 Å². The molecule has 1 aliphatic rings. The van der Waals surface area contributed by atoms with Crippen LogP contribution in [0.15, 0.2) is 18.2 Å². The van der Waals surface area contributed by atoms with Gasteiger partial charge in [-0.05, 0) is 23.8 Å². The van der Waals surface area contributed by atoms with E-state index in [4.69, 9.17) is 14.2 Å². The molecule has 1 N–H and O–H groups in total. The minimum Gasteiger partial charge on any atom is -0.493 e. The SMILES string of the molecule is COc1cc(/C=C/C(=O)NCC(=O)N(C)C)cc2c1OCCO2. The van der Waals surface area contributed by atoms with Crippen molar-refractivity contribution in [1.82, 2.24) is 10.2 Å². The van der Waals surface area contributed by atoms with Gasteiger partial charge in [-0.15, -0.1) is 0 Å². The molecule has 2 rings (SSSR count). The Hall–Kier alpha value is -2.70. The van der Waals surface area contributed by atoms with E-state index < -0.39 is 0 Å². The summed E-state index contributed by atoms with van der Waals surface area (Å²) in [6.07, 6.45) is 2.98. The van der Waals surface area contributed by atoms with E-state index in [2.05, 4.69) is 5.32 Å². The molecule has 0 aliphatic carbocycles. The maximum absolute atomic E-state index is 11.7. The van der Waals surface area contributed by atoms with Crippen LogP contribution in [0, 0.1) is 0 Å². The Kier molecular flexibility index (Phi) is 5.46. The van der Waals surface area contributed by atoms with Gasteiger partial charge in [0, 0.05) is 20.2 Å². The number of rotatable bonds is 5. The molecule has 0 unspecified atom stereocenters. The summed E-state index contributed by atoms with van der Waals surface area (Å²) in [7, 11) is 4.80. The van der Waals surface area contributed by atoms with Crippen molar-refractivity contribution in [1.29, 1.82) is 0 Å². The zero-order chi connectivity index (χ0) is 16.8. The van der Waals surface area contributed by atoms with Crippen LogP contribution in [-0.4, -0.2) is 57.7 Å². The number of benzene rings is 1. The van der Waals surface area contributed by atoms with Crippen molar-refractivity contribution in [2.45, 2.75) is 0 Å². The molecule has 0 atom stereocenters. The zero-order valence-corrected chi connectivity index (χ0v) is 13.4. The lowest BCUT2D eigenvalue weighted by molar-refractivity contribution is -0.129. The largest absolute Gasteiger partial charge is 0.493 e. The topological polar surface area (TPSA) is 77.1 Å². The number of hydrogen-bond acceptors (Lipinski definition) is 5. The Morgan fingerprint density at radius 2 is 2.04 bits per heavy atom. The highest BCUT2D eigenvalue weighted by molar-refractivity contribution is 5.94. The van der Waals surface area contributed by atoms with Crippen LogP contribution < -0.4 is 19.5 Å². The zero-order valence-electron chi connectivity index (χ0n) is 13.4. The fourth-order valence-electron chi connectivity index (χ4n) is 1.94. The number of likely N-dealkylation sites (N-methyl/N-ethyl adjacent to an activating group) is 1. The number of fused-ring (bicyclic) bond motifs is 1. The number of nitrogens with one attached hydrogen (secondary N) is 1. The lowest BCUT2D eigenvalue weighted by atomic mass is 10.1. The van der Waals surface area contributed by atoms with Gasteiger partial charge >= 0.3 is 0 Å². The molecule has 7 heteroatoms. The summed E-state index contributed by atoms with van der Waals surface area (Å²) < 4.78 is 16.3. The summed E-state index contributed by atoms with van der Waals surface area (Å²) in [6.45, 7) is 0.901. The first-order chi connectivity index (χ1) is 11.0. The van der Waals surface area contributed by atoms with Gasteiger partial charge in [0.05, 0.1) is 13.7 Å². The van der Waals surface area contributed by atoms with E-state index in [9.17, 15) is 9.59 Å². The van der Waals surface area contributed by atoms with Gasteiger partial charge in [-0.25, -0.2) is 0 Å². The van der Waals surface area contributed by atoms with Crippen molar-refractivity contribution in [3.05, 3.63) is 23.8 Å². The molecule has 124 valence electrons. The molecule has 0 saturated heterocycles. The Morgan fingerprint density at radius 1 is 1.30 bits per heavy atom. The van der Waals surface area contributed by atoms with Gasteiger partial charge in [-0.2, -0.15) is 0 Å². The van der Waals surface area contributed by atoms with E-state index in [1.54, 1.807) is 39.4 Å². The molecule has 1 aromatic rings. The predicted molar refractivity (Wildman–Crippen MR) is 84.7 cm³/mol. The van der Waals surface area contributed by atoms with Crippen molar-refractivity contribution in [3.63, 3.8) is 0 Å². The number of nitrogens with zero attached hydrogens (tertiary/aromatic N) is 1. The molecule has 1 aliphatic heterocycles. The van der Waals surface area contributed by atoms with Crippen molar-refractivity contribution in [2.75, 3.05) is 41.0 Å². The fraction of sp³-hybridized carbons (Fsp3) is 0.375. The lowest BCUT2D eigenvalue weighted by Crippen LogP contribution is -2.35. The van der Waals surface area contributed by atoms with Crippen LogP contribution in [-0.2, 0) is 9.59 Å². The molecule has 23 heavy (non-hydrogen) atoms. The monoisotopic (exact) mass is 320 g/mol. The van der Waals surface area contributed by atoms with Crippen LogP contribution in [0.5, 0.6) is 17.2 Å². The maximum atomic E-state index is 11.7. The first-order valence-electron chi connectivity index (χ1n) is 7.15. The summed E-state index contributed by atoms with van der Waals surface area (Å²) in [4.78, 5) is 24.5. The van der Waals surface area contributed by atoms with Crippen molar-refractivity contribution in [2.24, 2.45) is 0 Å². The van der Waals surface area contributed by atoms with Gasteiger partial charge < -0.3 is 24.4 Å². The third kappa shape index (κ3) is 4.38. The van der Waals surface area contributed by atoms with Crippen LogP contribution in [0.4, 0.5) is 0 Å². The standard InChI is InChI=1S/C16H20N2O5/c1-18(2)15(20)10-17-14(19)5-4-11-8-12(21-3)16-13(9-11)22-6-7-23-16/h4-5,8-9H,6-7,10H2,1-3H3,(H,17,19)/b5-4+. The average molecular weight is 320 g/mol. The van der Waals surface area contributed by atoms with Gasteiger partial charge in [-0.3, -0.25) is 9.59 Å². The summed E-state index contributed by atoms with van der Waals surface area (Å²) >= 11 is 0. The predicted octanol–water partition coefficient (Wildman–Crippen LogP) is 0.684. The number of carbonyl (C=O) groups is 2. The molecule has 0 aromatic heterocycles. The van der Waals surface area contributed by atoms with Crippen molar-refractivity contribution < 1.29 is 23.8 Å². The smallest absolute Gasteiger partial charge is 0.244 e. The van der Waals surface area contributed by atoms with Crippen LogP contribution in [0.3, 0.4) is 0 Å². The third-order valence-corrected chi connectivity index (χ3v) is 3.19. The normalized spacial score (nSPS) is 12.8. The second-order valence-electron chi connectivity index (χ2n) is 5.09. The Balaban J connectivity index is 2.04. The number of ether oxygens (including phenoxy) is 3. The highest BCUT2D eigenvalue weighted by Gasteiger charge is 2.17. The van der Waals surface area contributed by atoms with Crippen LogP contribution in [0.2, 0.25) is 0 Å². The van der Waals surface area contributed by atoms with Crippen LogP contribution >= 0.6 is 0 Å². The van der Waals surface area contributed by atoms with E-state index in [-0.39, 0.29) is 18.4 Å². The number of carbonyl (C=O) groups excluding carboxylic acids is 2. The molecular formula is C16H20N2O5. The Bertz CT molecular complexity index is 608. The second kappa shape index (κ2) is 7.53. The molecule has 0 spiro atoms. The summed E-state index contributed by atoms with van der Waals surface area (Å²) in [5, 5.41) is 2.52. The second-order valence-corrected chi connectivity index (χ2v) is 5.09. The first-order valence-corrected chi connectivity index (χ1v) is 7.15. The molecule has 0 bridgehead atoms. The van der Waals surface area contributed by atoms with E-state index in [0.717, 1.165) is 5.56 Å². The minimum atomic E-state index is -0.353. The molecule has 7 nitrogen and oxygen atoms in total. The number of hydrogen-bond donors (Lipinski definition) is 1. The number of amides is 2. The highest BCUT2D eigenvalue weighted by atomic mass is 16.6. The van der Waals surface area contributed by atoms with Crippen LogP contribution in [0.25, 0.3) is 6.08 Å². The van der Waals surface area contributed by atoms with E-state index in [1.807, 2.05) is 0 Å². The number of methoxy groups -OCH3 is 1. The first kappa shape index (κ1) is 16.7. The van der Waals surface area contributed by atoms with E-state index in [0.29, 0.717) is 30.5 Å². The average Bonchev–Trinajstić information content (AvgIpc) is 2.56. The third-order valence-electron chi connectivity index (χ3n) is 3.19. The highest BCUT2D eigenvalue weighted by Crippen LogP contribution is 2.40. The molecule has 2 amide bonds. The molecule has 0 radical (unpaired) electrons. The van der Waals surface area contributed by atoms with Gasteiger partial charge in [0.15, 0.2) is 11.5 Å². The molecular weight excluding hydrogens is 300 g/mol. The fourth-order valence-corrected chi connectivity index (χ4v) is 1.94. The minimum absolute atomic E-state index is 0.0410. The van der Waals surface area contributed by atoms with Crippen molar-refractivity contribution in [3.8, 4) is 17.2 Å². The maximum Gasteiger partial charge on any atom is 0.244 e. The Morgan fingerprint density at radius 3 is 2.74 bits per heavy atom. The van der Waals surface area contributed by atoms with Gasteiger partial charge in [-0.1, -0.05) is 0 Å². The van der Waals surface area contributed by atoms with E-state index in [1.165, 1.54) is 11.0 Å². The van der Waals surface area contributed by atoms with Gasteiger partial charge in [0.1, 0.15) is 13.2 Å². The molecule has 1 aromatic carbocycles. The van der Waals surface area contributed by atoms with Gasteiger partial charge in [0.25, 0.3) is 0 Å². The summed E-state index contributed by atoms with van der Waals surface area (Å²) in [5.41, 5.74) is 0.736. The molecule has 0 fully saturated rings. The summed E-state index contributed by atoms with van der Waals surface area (Å²) in [6, 6.07) is 3.52. The van der Waals surface area contributed by atoms with Crippen LogP contribution in [0.1, 0.15) is 5.56 Å². The molecule has 1 heterocycles. The van der Waals surface area contributed by atoms with Gasteiger partial charge in [0.2, 0.25) is 17.6 Å². The summed E-state index contributed by atoms with van der Waals surface area (Å²) in [5.74, 6) is 1.17. The molecule has 0 saturated carbocycles.